The normalized spacial score (nSPS) is 11.5. The van der Waals surface area contributed by atoms with E-state index in [9.17, 15) is 0 Å². The molecule has 0 saturated carbocycles. The summed E-state index contributed by atoms with van der Waals surface area (Å²) in [6, 6.07) is 73.7. The largest absolute Gasteiger partial charge is 0.456 e. The molecule has 0 aliphatic heterocycles. The summed E-state index contributed by atoms with van der Waals surface area (Å²) in [5.74, 6) is 1.73. The maximum Gasteiger partial charge on any atom is 0.167 e. The third-order valence-corrected chi connectivity index (χ3v) is 11.8. The minimum Gasteiger partial charge on any atom is -0.456 e. The number of hydrogen-bond acceptors (Lipinski definition) is 5. The fourth-order valence-electron chi connectivity index (χ4n) is 8.77. The zero-order valence-electron chi connectivity index (χ0n) is 33.4. The van der Waals surface area contributed by atoms with Gasteiger partial charge in [0.05, 0.1) is 5.56 Å². The zero-order chi connectivity index (χ0) is 41.0. The van der Waals surface area contributed by atoms with Crippen LogP contribution in [0, 0.1) is 0 Å². The second-order valence-electron chi connectivity index (χ2n) is 15.5. The molecular weight excluding hydrogens is 759 g/mol. The summed E-state index contributed by atoms with van der Waals surface area (Å²) < 4.78 is 12.7. The van der Waals surface area contributed by atoms with Gasteiger partial charge in [0.2, 0.25) is 0 Å². The Labute approximate surface area is 357 Å². The average molecular weight is 794 g/mol. The number of benzene rings is 9. The molecule has 12 rings (SSSR count). The molecule has 0 aliphatic rings. The smallest absolute Gasteiger partial charge is 0.167 e. The highest BCUT2D eigenvalue weighted by atomic mass is 16.3. The van der Waals surface area contributed by atoms with Crippen LogP contribution in [-0.2, 0) is 0 Å². The van der Waals surface area contributed by atoms with Crippen molar-refractivity contribution in [1.82, 2.24) is 15.0 Å². The molecule has 9 aromatic carbocycles. The number of rotatable bonds is 7. The second-order valence-corrected chi connectivity index (χ2v) is 15.5. The molecule has 5 heteroatoms. The molecule has 0 atom stereocenters. The van der Waals surface area contributed by atoms with Crippen molar-refractivity contribution >= 4 is 43.9 Å². The van der Waals surface area contributed by atoms with Gasteiger partial charge in [-0.05, 0) is 87.0 Å². The topological polar surface area (TPSA) is 65.0 Å². The van der Waals surface area contributed by atoms with Crippen molar-refractivity contribution in [3.05, 3.63) is 212 Å². The van der Waals surface area contributed by atoms with E-state index < -0.39 is 0 Å². The Morgan fingerprint density at radius 2 is 0.742 bits per heavy atom. The Morgan fingerprint density at radius 1 is 0.258 bits per heavy atom. The van der Waals surface area contributed by atoms with E-state index in [2.05, 4.69) is 140 Å². The highest BCUT2D eigenvalue weighted by Gasteiger charge is 2.21. The molecule has 0 bridgehead atoms. The van der Waals surface area contributed by atoms with E-state index in [0.29, 0.717) is 17.5 Å². The molecule has 12 aromatic rings. The predicted molar refractivity (Wildman–Crippen MR) is 252 cm³/mol. The van der Waals surface area contributed by atoms with E-state index in [1.165, 1.54) is 0 Å². The number of para-hydroxylation sites is 3. The Hall–Kier alpha value is -8.41. The first-order valence-electron chi connectivity index (χ1n) is 20.8. The number of aromatic nitrogens is 3. The van der Waals surface area contributed by atoms with Crippen molar-refractivity contribution in [3.63, 3.8) is 0 Å². The molecule has 0 unspecified atom stereocenters. The molecule has 0 spiro atoms. The molecule has 290 valence electrons. The molecule has 0 aliphatic carbocycles. The van der Waals surface area contributed by atoms with Crippen molar-refractivity contribution in [2.75, 3.05) is 0 Å². The summed E-state index contributed by atoms with van der Waals surface area (Å²) >= 11 is 0. The lowest BCUT2D eigenvalue weighted by Crippen LogP contribution is -2.00. The van der Waals surface area contributed by atoms with Crippen LogP contribution < -0.4 is 0 Å². The van der Waals surface area contributed by atoms with Crippen LogP contribution in [-0.4, -0.2) is 15.0 Å². The first-order chi connectivity index (χ1) is 30.7. The molecule has 3 aromatic heterocycles. The van der Waals surface area contributed by atoms with Crippen LogP contribution in [0.3, 0.4) is 0 Å². The number of fused-ring (bicyclic) bond motifs is 6. The highest BCUT2D eigenvalue weighted by molar-refractivity contribution is 6.10. The van der Waals surface area contributed by atoms with Gasteiger partial charge in [0.15, 0.2) is 17.5 Å². The van der Waals surface area contributed by atoms with E-state index in [4.69, 9.17) is 23.8 Å². The number of hydrogen-bond donors (Lipinski definition) is 0. The van der Waals surface area contributed by atoms with E-state index in [-0.39, 0.29) is 0 Å². The van der Waals surface area contributed by atoms with Crippen molar-refractivity contribution in [3.8, 4) is 78.7 Å². The van der Waals surface area contributed by atoms with Crippen LogP contribution in [0.5, 0.6) is 0 Å². The van der Waals surface area contributed by atoms with Gasteiger partial charge in [0.25, 0.3) is 0 Å². The lowest BCUT2D eigenvalue weighted by molar-refractivity contribution is 0.669. The van der Waals surface area contributed by atoms with Crippen LogP contribution in [0.25, 0.3) is 123 Å². The van der Waals surface area contributed by atoms with Crippen molar-refractivity contribution in [2.45, 2.75) is 0 Å². The molecule has 0 N–H and O–H groups in total. The maximum absolute atomic E-state index is 6.46. The molecule has 5 nitrogen and oxygen atoms in total. The van der Waals surface area contributed by atoms with Gasteiger partial charge >= 0.3 is 0 Å². The van der Waals surface area contributed by atoms with Crippen LogP contribution in [0.2, 0.25) is 0 Å². The number of furan rings is 2. The summed E-state index contributed by atoms with van der Waals surface area (Å²) in [6.07, 6.45) is 0. The lowest BCUT2D eigenvalue weighted by Gasteiger charge is -2.19. The third-order valence-electron chi connectivity index (χ3n) is 11.8. The minimum atomic E-state index is 0.552. The summed E-state index contributed by atoms with van der Waals surface area (Å²) in [5, 5.41) is 4.28. The summed E-state index contributed by atoms with van der Waals surface area (Å²) in [5.41, 5.74) is 14.9. The monoisotopic (exact) mass is 793 g/mol. The highest BCUT2D eigenvalue weighted by Crippen LogP contribution is 2.45. The van der Waals surface area contributed by atoms with Crippen LogP contribution >= 0.6 is 0 Å². The van der Waals surface area contributed by atoms with Gasteiger partial charge in [-0.1, -0.05) is 170 Å². The van der Waals surface area contributed by atoms with Gasteiger partial charge in [-0.25, -0.2) is 15.0 Å². The predicted octanol–water partition coefficient (Wildman–Crippen LogP) is 15.3. The molecule has 62 heavy (non-hydrogen) atoms. The van der Waals surface area contributed by atoms with E-state index in [1.54, 1.807) is 0 Å². The van der Waals surface area contributed by atoms with Gasteiger partial charge in [-0.2, -0.15) is 0 Å². The van der Waals surface area contributed by atoms with Crippen LogP contribution in [0.15, 0.2) is 221 Å². The van der Waals surface area contributed by atoms with Gasteiger partial charge < -0.3 is 8.83 Å². The molecule has 0 fully saturated rings. The van der Waals surface area contributed by atoms with Crippen LogP contribution in [0.4, 0.5) is 0 Å². The fourth-order valence-corrected chi connectivity index (χ4v) is 8.77. The number of nitrogens with zero attached hydrogens (tertiary/aromatic N) is 3. The maximum atomic E-state index is 6.46. The quantitative estimate of drug-likeness (QED) is 0.161. The van der Waals surface area contributed by atoms with Crippen molar-refractivity contribution in [2.24, 2.45) is 0 Å². The Kier molecular flexibility index (Phi) is 8.42. The SMILES string of the molecule is c1ccc(-c2cc(-c3ccc(-c4nc(-c5ccccc5)nc(-c5cccc6c5oc5ccccc56)n4)cc3)c(-c3ccccc3)c(-c3ccc4oc5ccccc5c4c3)c2)cc1. The third kappa shape index (κ3) is 6.14. The van der Waals surface area contributed by atoms with Gasteiger partial charge in [0.1, 0.15) is 22.3 Å². The van der Waals surface area contributed by atoms with E-state index in [0.717, 1.165) is 105 Å². The molecular formula is C57H35N3O2. The first-order valence-corrected chi connectivity index (χ1v) is 20.8. The van der Waals surface area contributed by atoms with Crippen molar-refractivity contribution < 1.29 is 8.83 Å². The van der Waals surface area contributed by atoms with Gasteiger partial charge in [-0.3, -0.25) is 0 Å². The molecule has 0 saturated heterocycles. The average Bonchev–Trinajstić information content (AvgIpc) is 3.93. The standard InChI is InChI=1S/C57H35N3O2/c1-4-15-36(16-5-1)42-34-47(53(38-17-6-2-7-18-38)48(35-42)41-31-32-52-49(33-41)44-22-11-12-25-50(44)61-52)37-27-29-40(30-28-37)56-58-55(39-19-8-3-9-20-39)59-57(60-56)46-24-14-23-45-43-21-10-13-26-51(43)62-54(45)46/h1-35H. The van der Waals surface area contributed by atoms with E-state index in [1.807, 2.05) is 72.8 Å². The second kappa shape index (κ2) is 14.7. The molecule has 0 radical (unpaired) electrons. The fraction of sp³-hybridized carbons (Fsp3) is 0. The summed E-state index contributed by atoms with van der Waals surface area (Å²) in [7, 11) is 0. The minimum absolute atomic E-state index is 0.552. The Balaban J connectivity index is 1.04. The Morgan fingerprint density at radius 3 is 1.44 bits per heavy atom. The lowest BCUT2D eigenvalue weighted by atomic mass is 9.84. The van der Waals surface area contributed by atoms with E-state index >= 15 is 0 Å². The zero-order valence-corrected chi connectivity index (χ0v) is 33.4. The first kappa shape index (κ1) is 35.5. The van der Waals surface area contributed by atoms with Gasteiger partial charge in [0, 0.05) is 32.7 Å². The van der Waals surface area contributed by atoms with Crippen molar-refractivity contribution in [1.29, 1.82) is 0 Å². The molecule has 0 amide bonds. The molecule has 3 heterocycles. The summed E-state index contributed by atoms with van der Waals surface area (Å²) in [4.78, 5) is 15.3. The van der Waals surface area contributed by atoms with Gasteiger partial charge in [-0.15, -0.1) is 0 Å². The Bertz CT molecular complexity index is 3610. The summed E-state index contributed by atoms with van der Waals surface area (Å²) in [6.45, 7) is 0. The van der Waals surface area contributed by atoms with Crippen LogP contribution in [0.1, 0.15) is 0 Å².